The van der Waals surface area contributed by atoms with Crippen LogP contribution in [-0.2, 0) is 13.1 Å². The minimum Gasteiger partial charge on any atom is -0.346 e. The van der Waals surface area contributed by atoms with Crippen molar-refractivity contribution in [2.24, 2.45) is 0 Å². The molecule has 0 atom stereocenters. The molecule has 0 unspecified atom stereocenters. The smallest absolute Gasteiger partial charge is 0.282 e. The van der Waals surface area contributed by atoms with Gasteiger partial charge in [0.25, 0.3) is 11.8 Å². The molecule has 2 aromatic carbocycles. The maximum Gasteiger partial charge on any atom is 0.282 e. The predicted octanol–water partition coefficient (Wildman–Crippen LogP) is 4.29. The third-order valence-corrected chi connectivity index (χ3v) is 7.28. The van der Waals surface area contributed by atoms with Crippen molar-refractivity contribution in [3.05, 3.63) is 81.3 Å². The maximum absolute atomic E-state index is 12.8. The molecular weight excluding hydrogens is 458 g/mol. The van der Waals surface area contributed by atoms with Crippen LogP contribution in [0.5, 0.6) is 0 Å². The van der Waals surface area contributed by atoms with Crippen LogP contribution >= 0.6 is 11.3 Å². The molecule has 1 fully saturated rings. The molecule has 2 amide bonds. The Kier molecular flexibility index (Phi) is 8.60. The second kappa shape index (κ2) is 12.0. The number of nitrogens with zero attached hydrogens (tertiary/aromatic N) is 4. The first kappa shape index (κ1) is 25.0. The molecule has 184 valence electrons. The minimum atomic E-state index is -0.191. The van der Waals surface area contributed by atoms with Crippen LogP contribution in [-0.4, -0.2) is 57.5 Å². The molecule has 1 aliphatic rings. The summed E-state index contributed by atoms with van der Waals surface area (Å²) >= 11 is 1.36. The summed E-state index contributed by atoms with van der Waals surface area (Å²) in [5, 5.41) is 12.6. The summed E-state index contributed by atoms with van der Waals surface area (Å²) in [4.78, 5) is 29.7. The van der Waals surface area contributed by atoms with E-state index in [9.17, 15) is 9.59 Å². The van der Waals surface area contributed by atoms with Crippen LogP contribution < -0.4 is 5.32 Å². The fourth-order valence-corrected chi connectivity index (χ4v) is 5.20. The van der Waals surface area contributed by atoms with Crippen LogP contribution in [0.2, 0.25) is 0 Å². The molecule has 0 aliphatic carbocycles. The van der Waals surface area contributed by atoms with Gasteiger partial charge in [-0.05, 0) is 50.4 Å². The second-order valence-corrected chi connectivity index (χ2v) is 10.1. The van der Waals surface area contributed by atoms with Gasteiger partial charge >= 0.3 is 0 Å². The number of amides is 2. The average Bonchev–Trinajstić information content (AvgIpc) is 3.37. The molecular formula is C27H33N5O2S. The topological polar surface area (TPSA) is 78.4 Å². The van der Waals surface area contributed by atoms with Crippen molar-refractivity contribution >= 4 is 23.2 Å². The molecule has 7 nitrogen and oxygen atoms in total. The van der Waals surface area contributed by atoms with Gasteiger partial charge in [-0.3, -0.25) is 14.5 Å². The highest BCUT2D eigenvalue weighted by molar-refractivity contribution is 7.13. The normalized spacial score (nSPS) is 14.3. The second-order valence-electron chi connectivity index (χ2n) is 9.03. The lowest BCUT2D eigenvalue weighted by molar-refractivity contribution is 0.0606. The van der Waals surface area contributed by atoms with Gasteiger partial charge in [-0.2, -0.15) is 0 Å². The third kappa shape index (κ3) is 6.74. The fraction of sp³-hybridized carbons (Fsp3) is 0.407. The molecule has 0 spiro atoms. The molecule has 0 saturated carbocycles. The van der Waals surface area contributed by atoms with Crippen LogP contribution in [0.3, 0.4) is 0 Å². The molecule has 1 aliphatic heterocycles. The number of piperidine rings is 1. The van der Waals surface area contributed by atoms with Crippen LogP contribution in [0.15, 0.2) is 54.6 Å². The molecule has 1 aromatic heterocycles. The van der Waals surface area contributed by atoms with Crippen LogP contribution in [0.4, 0.5) is 0 Å². The number of hydrogen-bond acceptors (Lipinski definition) is 6. The van der Waals surface area contributed by atoms with Gasteiger partial charge in [-0.25, -0.2) is 0 Å². The van der Waals surface area contributed by atoms with Crippen molar-refractivity contribution in [1.82, 2.24) is 25.3 Å². The van der Waals surface area contributed by atoms with Crippen molar-refractivity contribution in [2.45, 2.75) is 52.2 Å². The molecule has 1 N–H and O–H groups in total. The number of nitrogens with one attached hydrogen (secondary N) is 1. The number of carbonyl (C=O) groups is 2. The zero-order valence-corrected chi connectivity index (χ0v) is 21.3. The summed E-state index contributed by atoms with van der Waals surface area (Å²) in [6.45, 7) is 7.81. The highest BCUT2D eigenvalue weighted by atomic mass is 32.1. The number of hydrogen-bond donors (Lipinski definition) is 1. The predicted molar refractivity (Wildman–Crippen MR) is 138 cm³/mol. The van der Waals surface area contributed by atoms with E-state index in [-0.39, 0.29) is 11.8 Å². The van der Waals surface area contributed by atoms with Crippen molar-refractivity contribution < 1.29 is 9.59 Å². The Balaban J connectivity index is 1.30. The Bertz CT molecular complexity index is 1110. The zero-order chi connectivity index (χ0) is 24.6. The molecule has 0 radical (unpaired) electrons. The number of likely N-dealkylation sites (tertiary alicyclic amines) is 1. The molecule has 35 heavy (non-hydrogen) atoms. The first-order valence-electron chi connectivity index (χ1n) is 12.3. The Morgan fingerprint density at radius 1 is 1.06 bits per heavy atom. The molecule has 2 heterocycles. The van der Waals surface area contributed by atoms with Gasteiger partial charge in [0.2, 0.25) is 5.01 Å². The number of rotatable bonds is 9. The van der Waals surface area contributed by atoms with E-state index in [4.69, 9.17) is 0 Å². The number of carbonyl (C=O) groups excluding carboxylic acids is 2. The van der Waals surface area contributed by atoms with E-state index in [0.29, 0.717) is 24.1 Å². The van der Waals surface area contributed by atoms with E-state index in [0.717, 1.165) is 55.0 Å². The minimum absolute atomic E-state index is 0.108. The zero-order valence-electron chi connectivity index (χ0n) is 20.4. The Hall–Kier alpha value is -3.10. The Labute approximate surface area is 211 Å². The highest BCUT2D eigenvalue weighted by Crippen LogP contribution is 2.22. The van der Waals surface area contributed by atoms with Crippen molar-refractivity contribution in [3.8, 4) is 0 Å². The van der Waals surface area contributed by atoms with Crippen molar-refractivity contribution in [2.75, 3.05) is 19.6 Å². The number of benzene rings is 2. The lowest BCUT2D eigenvalue weighted by Gasteiger charge is -2.38. The maximum atomic E-state index is 12.8. The largest absolute Gasteiger partial charge is 0.346 e. The van der Waals surface area contributed by atoms with E-state index in [1.807, 2.05) is 66.4 Å². The van der Waals surface area contributed by atoms with Crippen LogP contribution in [0, 0.1) is 6.92 Å². The monoisotopic (exact) mass is 491 g/mol. The SMILES string of the molecule is CCCN(Cc1nnc(C(=O)NCc2ccc(C)cc2)s1)C1CCN(C(=O)c2ccccc2)CC1. The van der Waals surface area contributed by atoms with Gasteiger partial charge in [-0.15, -0.1) is 10.2 Å². The first-order valence-corrected chi connectivity index (χ1v) is 13.1. The Morgan fingerprint density at radius 2 is 1.77 bits per heavy atom. The third-order valence-electron chi connectivity index (χ3n) is 6.37. The standard InChI is InChI=1S/C27H33N5O2S/c1-3-15-32(23-13-16-31(17-14-23)27(34)22-7-5-4-6-8-22)19-24-29-30-26(35-24)25(33)28-18-21-11-9-20(2)10-12-21/h4-12,23H,3,13-19H2,1-2H3,(H,28,33). The van der Waals surface area contributed by atoms with Gasteiger partial charge in [0.15, 0.2) is 0 Å². The fourth-order valence-electron chi connectivity index (χ4n) is 4.42. The molecule has 0 bridgehead atoms. The molecule has 1 saturated heterocycles. The van der Waals surface area contributed by atoms with Crippen molar-refractivity contribution in [3.63, 3.8) is 0 Å². The van der Waals surface area contributed by atoms with Gasteiger partial charge in [0.1, 0.15) is 5.01 Å². The van der Waals surface area contributed by atoms with Crippen molar-refractivity contribution in [1.29, 1.82) is 0 Å². The summed E-state index contributed by atoms with van der Waals surface area (Å²) in [6, 6.07) is 18.0. The molecule has 8 heteroatoms. The van der Waals surface area contributed by atoms with Gasteiger partial charge in [0, 0.05) is 31.2 Å². The van der Waals surface area contributed by atoms with Gasteiger partial charge in [-0.1, -0.05) is 66.3 Å². The number of aromatic nitrogens is 2. The quantitative estimate of drug-likeness (QED) is 0.483. The first-order chi connectivity index (χ1) is 17.0. The molecule has 4 rings (SSSR count). The van der Waals surface area contributed by atoms with Gasteiger partial charge < -0.3 is 10.2 Å². The van der Waals surface area contributed by atoms with Crippen LogP contribution in [0.1, 0.15) is 62.5 Å². The number of aryl methyl sites for hydroxylation is 1. The summed E-state index contributed by atoms with van der Waals surface area (Å²) in [5.74, 6) is -0.0828. The van der Waals surface area contributed by atoms with E-state index in [1.165, 1.54) is 16.9 Å². The lowest BCUT2D eigenvalue weighted by Crippen LogP contribution is -2.46. The summed E-state index contributed by atoms with van der Waals surface area (Å²) in [6.07, 6.45) is 2.90. The highest BCUT2D eigenvalue weighted by Gasteiger charge is 2.28. The van der Waals surface area contributed by atoms with E-state index in [1.54, 1.807) is 0 Å². The van der Waals surface area contributed by atoms with E-state index < -0.39 is 0 Å². The average molecular weight is 492 g/mol. The summed E-state index contributed by atoms with van der Waals surface area (Å²) < 4.78 is 0. The van der Waals surface area contributed by atoms with E-state index >= 15 is 0 Å². The van der Waals surface area contributed by atoms with Crippen LogP contribution in [0.25, 0.3) is 0 Å². The molecule has 3 aromatic rings. The van der Waals surface area contributed by atoms with E-state index in [2.05, 4.69) is 27.3 Å². The Morgan fingerprint density at radius 3 is 2.46 bits per heavy atom. The van der Waals surface area contributed by atoms with Gasteiger partial charge in [0.05, 0.1) is 6.54 Å². The summed E-state index contributed by atoms with van der Waals surface area (Å²) in [5.41, 5.74) is 3.00. The lowest BCUT2D eigenvalue weighted by atomic mass is 10.0. The summed E-state index contributed by atoms with van der Waals surface area (Å²) in [7, 11) is 0.